The van der Waals surface area contributed by atoms with Gasteiger partial charge < -0.3 is 29.0 Å². The number of esters is 2. The monoisotopic (exact) mass is 417 g/mol. The van der Waals surface area contributed by atoms with Crippen LogP contribution >= 0.6 is 0 Å². The summed E-state index contributed by atoms with van der Waals surface area (Å²) in [5, 5.41) is 2.63. The number of benzene rings is 2. The number of hydrogen-bond acceptors (Lipinski definition) is 8. The first-order chi connectivity index (χ1) is 14.4. The number of carbonyl (C=O) groups excluding carboxylic acids is 3. The predicted octanol–water partition coefficient (Wildman–Crippen LogP) is 1.97. The average molecular weight is 417 g/mol. The normalized spacial score (nSPS) is 10.0. The Hall–Kier alpha value is -3.75. The zero-order valence-corrected chi connectivity index (χ0v) is 17.1. The maximum Gasteiger partial charge on any atom is 0.342 e. The molecular weight excluding hydrogens is 394 g/mol. The van der Waals surface area contributed by atoms with Crippen molar-refractivity contribution in [3.63, 3.8) is 0 Å². The van der Waals surface area contributed by atoms with E-state index in [0.717, 1.165) is 5.56 Å². The van der Waals surface area contributed by atoms with Gasteiger partial charge in [-0.15, -0.1) is 0 Å². The first kappa shape index (κ1) is 22.5. The van der Waals surface area contributed by atoms with E-state index in [4.69, 9.17) is 18.9 Å². The van der Waals surface area contributed by atoms with E-state index in [1.54, 1.807) is 24.3 Å². The van der Waals surface area contributed by atoms with Crippen LogP contribution in [-0.4, -0.2) is 52.9 Å². The molecule has 0 saturated carbocycles. The molecule has 0 aliphatic heterocycles. The van der Waals surface area contributed by atoms with Crippen LogP contribution in [0.4, 0.5) is 0 Å². The summed E-state index contributed by atoms with van der Waals surface area (Å²) in [6.07, 6.45) is 0. The van der Waals surface area contributed by atoms with Gasteiger partial charge in [-0.05, 0) is 29.8 Å². The third kappa shape index (κ3) is 5.40. The molecule has 9 nitrogen and oxygen atoms in total. The van der Waals surface area contributed by atoms with Gasteiger partial charge in [0.25, 0.3) is 5.91 Å². The van der Waals surface area contributed by atoms with Crippen molar-refractivity contribution in [1.29, 1.82) is 0 Å². The Labute approximate surface area is 173 Å². The van der Waals surface area contributed by atoms with Crippen molar-refractivity contribution in [2.24, 2.45) is 0 Å². The second-order valence-corrected chi connectivity index (χ2v) is 5.92. The lowest BCUT2D eigenvalue weighted by molar-refractivity contribution is -0.124. The van der Waals surface area contributed by atoms with Gasteiger partial charge in [0.1, 0.15) is 5.56 Å². The van der Waals surface area contributed by atoms with Gasteiger partial charge in [-0.3, -0.25) is 4.79 Å². The zero-order chi connectivity index (χ0) is 22.1. The quantitative estimate of drug-likeness (QED) is 0.617. The van der Waals surface area contributed by atoms with Crippen LogP contribution in [0.5, 0.6) is 17.2 Å². The summed E-state index contributed by atoms with van der Waals surface area (Å²) >= 11 is 0. The molecular formula is C21H23NO8. The average Bonchev–Trinajstić information content (AvgIpc) is 2.79. The highest BCUT2D eigenvalue weighted by atomic mass is 16.5. The molecule has 1 amide bonds. The maximum atomic E-state index is 12.4. The van der Waals surface area contributed by atoms with Crippen molar-refractivity contribution in [1.82, 2.24) is 5.32 Å². The lowest BCUT2D eigenvalue weighted by Crippen LogP contribution is -2.28. The largest absolute Gasteiger partial charge is 0.493 e. The van der Waals surface area contributed by atoms with E-state index in [9.17, 15) is 14.4 Å². The lowest BCUT2D eigenvalue weighted by atomic mass is 10.1. The Bertz CT molecular complexity index is 908. The fourth-order valence-electron chi connectivity index (χ4n) is 2.60. The third-order valence-corrected chi connectivity index (χ3v) is 4.12. The van der Waals surface area contributed by atoms with E-state index in [1.807, 2.05) is 0 Å². The molecule has 30 heavy (non-hydrogen) atoms. The molecule has 2 aromatic rings. The highest BCUT2D eigenvalue weighted by molar-refractivity contribution is 5.95. The van der Waals surface area contributed by atoms with Crippen LogP contribution in [-0.2, 0) is 20.8 Å². The Morgan fingerprint density at radius 2 is 1.47 bits per heavy atom. The second kappa shape index (κ2) is 10.7. The van der Waals surface area contributed by atoms with E-state index < -0.39 is 24.5 Å². The molecule has 9 heteroatoms. The third-order valence-electron chi connectivity index (χ3n) is 4.12. The molecule has 0 atom stereocenters. The Morgan fingerprint density at radius 3 is 2.03 bits per heavy atom. The van der Waals surface area contributed by atoms with Crippen LogP contribution in [0, 0.1) is 0 Å². The molecule has 0 aliphatic carbocycles. The highest BCUT2D eigenvalue weighted by Gasteiger charge is 2.22. The fraction of sp³-hybridized carbons (Fsp3) is 0.286. The molecule has 1 N–H and O–H groups in total. The minimum absolute atomic E-state index is 0.0985. The van der Waals surface area contributed by atoms with Gasteiger partial charge in [0, 0.05) is 6.54 Å². The number of amides is 1. The van der Waals surface area contributed by atoms with Crippen molar-refractivity contribution in [2.45, 2.75) is 6.54 Å². The first-order valence-corrected chi connectivity index (χ1v) is 8.85. The molecule has 0 unspecified atom stereocenters. The predicted molar refractivity (Wildman–Crippen MR) is 106 cm³/mol. The molecule has 0 spiro atoms. The number of ether oxygens (including phenoxy) is 5. The molecule has 2 aromatic carbocycles. The minimum Gasteiger partial charge on any atom is -0.493 e. The van der Waals surface area contributed by atoms with Gasteiger partial charge in [0.05, 0.1) is 34.0 Å². The lowest BCUT2D eigenvalue weighted by Gasteiger charge is -2.15. The van der Waals surface area contributed by atoms with Gasteiger partial charge in [-0.2, -0.15) is 0 Å². The van der Waals surface area contributed by atoms with Crippen LogP contribution < -0.4 is 19.5 Å². The smallest absolute Gasteiger partial charge is 0.342 e. The second-order valence-electron chi connectivity index (χ2n) is 5.92. The molecule has 0 aliphatic rings. The van der Waals surface area contributed by atoms with E-state index in [0.29, 0.717) is 11.3 Å². The van der Waals surface area contributed by atoms with Crippen LogP contribution in [0.15, 0.2) is 36.4 Å². The maximum absolute atomic E-state index is 12.4. The number of rotatable bonds is 9. The summed E-state index contributed by atoms with van der Waals surface area (Å²) in [6, 6.07) is 9.56. The van der Waals surface area contributed by atoms with Gasteiger partial charge in [0.15, 0.2) is 18.1 Å². The molecule has 160 valence electrons. The van der Waals surface area contributed by atoms with Gasteiger partial charge >= 0.3 is 11.9 Å². The molecule has 0 bridgehead atoms. The van der Waals surface area contributed by atoms with Crippen molar-refractivity contribution in [3.8, 4) is 17.2 Å². The van der Waals surface area contributed by atoms with Crippen molar-refractivity contribution >= 4 is 17.8 Å². The minimum atomic E-state index is -0.745. The number of nitrogens with one attached hydrogen (secondary N) is 1. The molecule has 0 heterocycles. The number of carbonyl (C=O) groups is 3. The van der Waals surface area contributed by atoms with Crippen molar-refractivity contribution in [3.05, 3.63) is 53.1 Å². The zero-order valence-electron chi connectivity index (χ0n) is 17.1. The van der Waals surface area contributed by atoms with Crippen LogP contribution in [0.2, 0.25) is 0 Å². The van der Waals surface area contributed by atoms with Crippen molar-refractivity contribution in [2.75, 3.05) is 35.0 Å². The summed E-state index contributed by atoms with van der Waals surface area (Å²) in [4.78, 5) is 35.8. The molecule has 2 rings (SSSR count). The Morgan fingerprint density at radius 1 is 0.800 bits per heavy atom. The number of methoxy groups -OCH3 is 4. The van der Waals surface area contributed by atoms with Gasteiger partial charge in [0.2, 0.25) is 5.75 Å². The van der Waals surface area contributed by atoms with E-state index >= 15 is 0 Å². The standard InChI is InChI=1S/C21H23NO8/c1-26-16-10-9-15(18(27-2)19(16)28-3)21(25)30-12-17(23)22-11-13-5-7-14(8-6-13)20(24)29-4/h5-10H,11-12H2,1-4H3,(H,22,23). The van der Waals surface area contributed by atoms with Gasteiger partial charge in [-0.1, -0.05) is 12.1 Å². The van der Waals surface area contributed by atoms with E-state index in [2.05, 4.69) is 10.1 Å². The summed E-state index contributed by atoms with van der Waals surface area (Å²) in [5.41, 5.74) is 1.27. The summed E-state index contributed by atoms with van der Waals surface area (Å²) in [5.74, 6) is -0.891. The fourth-order valence-corrected chi connectivity index (χ4v) is 2.60. The molecule has 0 fully saturated rings. The van der Waals surface area contributed by atoms with Crippen LogP contribution in [0.3, 0.4) is 0 Å². The molecule has 0 radical (unpaired) electrons. The first-order valence-electron chi connectivity index (χ1n) is 8.85. The number of hydrogen-bond donors (Lipinski definition) is 1. The van der Waals surface area contributed by atoms with E-state index in [-0.39, 0.29) is 23.6 Å². The Balaban J connectivity index is 1.93. The van der Waals surface area contributed by atoms with Crippen molar-refractivity contribution < 1.29 is 38.1 Å². The molecule has 0 saturated heterocycles. The topological polar surface area (TPSA) is 109 Å². The van der Waals surface area contributed by atoms with Crippen LogP contribution in [0.25, 0.3) is 0 Å². The van der Waals surface area contributed by atoms with Crippen LogP contribution in [0.1, 0.15) is 26.3 Å². The SMILES string of the molecule is COC(=O)c1ccc(CNC(=O)COC(=O)c2ccc(OC)c(OC)c2OC)cc1. The Kier molecular flexibility index (Phi) is 8.04. The molecule has 0 aromatic heterocycles. The van der Waals surface area contributed by atoms with E-state index in [1.165, 1.54) is 40.6 Å². The summed E-state index contributed by atoms with van der Waals surface area (Å²) < 4.78 is 25.3. The highest BCUT2D eigenvalue weighted by Crippen LogP contribution is 2.39. The summed E-state index contributed by atoms with van der Waals surface area (Å²) in [6.45, 7) is -0.270. The van der Waals surface area contributed by atoms with Gasteiger partial charge in [-0.25, -0.2) is 9.59 Å². The summed E-state index contributed by atoms with van der Waals surface area (Å²) in [7, 11) is 5.56.